The molecule has 6 heteroatoms. The minimum absolute atomic E-state index is 0.0845. The summed E-state index contributed by atoms with van der Waals surface area (Å²) >= 11 is 0. The maximum atomic E-state index is 10.9. The standard InChI is InChI=1S/C15H15NO5/c1-8-5-10(6-14(18)19)9(2)16(8)11-3-4-12(15(20)21)13(17)7-11/h3-5,7,17H,6H2,1-2H3,(H,18,19)(H,20,21). The number of carboxylic acids is 2. The Labute approximate surface area is 120 Å². The lowest BCUT2D eigenvalue weighted by Gasteiger charge is -2.11. The number of aryl methyl sites for hydroxylation is 1. The second-order valence-electron chi connectivity index (χ2n) is 4.81. The predicted molar refractivity (Wildman–Crippen MR) is 75.2 cm³/mol. The van der Waals surface area contributed by atoms with Gasteiger partial charge < -0.3 is 19.9 Å². The summed E-state index contributed by atoms with van der Waals surface area (Å²) in [5, 5.41) is 27.6. The highest BCUT2D eigenvalue weighted by Crippen LogP contribution is 2.26. The summed E-state index contributed by atoms with van der Waals surface area (Å²) in [5.74, 6) is -2.45. The van der Waals surface area contributed by atoms with Crippen molar-refractivity contribution < 1.29 is 24.9 Å². The van der Waals surface area contributed by atoms with Gasteiger partial charge in [0.05, 0.1) is 6.42 Å². The molecule has 1 heterocycles. The Kier molecular flexibility index (Phi) is 3.71. The minimum atomic E-state index is -1.20. The molecule has 0 radical (unpaired) electrons. The lowest BCUT2D eigenvalue weighted by atomic mass is 10.1. The number of benzene rings is 1. The van der Waals surface area contributed by atoms with E-state index in [1.165, 1.54) is 12.1 Å². The minimum Gasteiger partial charge on any atom is -0.507 e. The first-order chi connectivity index (χ1) is 9.81. The second-order valence-corrected chi connectivity index (χ2v) is 4.81. The van der Waals surface area contributed by atoms with Crippen LogP contribution in [0, 0.1) is 13.8 Å². The molecule has 0 aliphatic rings. The van der Waals surface area contributed by atoms with E-state index < -0.39 is 11.9 Å². The molecule has 0 spiro atoms. The van der Waals surface area contributed by atoms with Gasteiger partial charge in [-0.1, -0.05) is 0 Å². The maximum Gasteiger partial charge on any atom is 0.339 e. The Morgan fingerprint density at radius 3 is 2.33 bits per heavy atom. The molecule has 0 bridgehead atoms. The molecule has 1 aromatic carbocycles. The zero-order valence-corrected chi connectivity index (χ0v) is 11.6. The molecule has 0 amide bonds. The van der Waals surface area contributed by atoms with Gasteiger partial charge in [0, 0.05) is 23.1 Å². The molecule has 2 rings (SSSR count). The van der Waals surface area contributed by atoms with E-state index in [0.29, 0.717) is 11.3 Å². The lowest BCUT2D eigenvalue weighted by Crippen LogP contribution is -2.04. The zero-order chi connectivity index (χ0) is 15.7. The number of nitrogens with zero attached hydrogens (tertiary/aromatic N) is 1. The molecule has 3 N–H and O–H groups in total. The third kappa shape index (κ3) is 2.74. The lowest BCUT2D eigenvalue weighted by molar-refractivity contribution is -0.136. The van der Waals surface area contributed by atoms with Gasteiger partial charge in [0.2, 0.25) is 0 Å². The van der Waals surface area contributed by atoms with Gasteiger partial charge in [-0.2, -0.15) is 0 Å². The van der Waals surface area contributed by atoms with Crippen molar-refractivity contribution in [3.05, 3.63) is 46.8 Å². The van der Waals surface area contributed by atoms with E-state index >= 15 is 0 Å². The average Bonchev–Trinajstić information content (AvgIpc) is 2.63. The van der Waals surface area contributed by atoms with E-state index in [1.807, 2.05) is 6.92 Å². The third-order valence-corrected chi connectivity index (χ3v) is 3.35. The molecule has 0 unspecified atom stereocenters. The van der Waals surface area contributed by atoms with Crippen LogP contribution >= 0.6 is 0 Å². The van der Waals surface area contributed by atoms with E-state index in [2.05, 4.69) is 0 Å². The molecule has 0 aliphatic carbocycles. The molecule has 0 fully saturated rings. The number of hydrogen-bond donors (Lipinski definition) is 3. The monoisotopic (exact) mass is 289 g/mol. The molecule has 0 saturated carbocycles. The smallest absolute Gasteiger partial charge is 0.339 e. The third-order valence-electron chi connectivity index (χ3n) is 3.35. The van der Waals surface area contributed by atoms with Gasteiger partial charge in [-0.3, -0.25) is 4.79 Å². The van der Waals surface area contributed by atoms with Crippen LogP contribution in [0.15, 0.2) is 24.3 Å². The number of hydrogen-bond acceptors (Lipinski definition) is 3. The summed E-state index contributed by atoms with van der Waals surface area (Å²) in [5.41, 5.74) is 2.65. The van der Waals surface area contributed by atoms with Crippen molar-refractivity contribution in [2.24, 2.45) is 0 Å². The SMILES string of the molecule is Cc1cc(CC(=O)O)c(C)n1-c1ccc(C(=O)O)c(O)c1. The zero-order valence-electron chi connectivity index (χ0n) is 11.6. The summed E-state index contributed by atoms with van der Waals surface area (Å²) in [7, 11) is 0. The number of phenols is 1. The Hall–Kier alpha value is -2.76. The Bertz CT molecular complexity index is 730. The van der Waals surface area contributed by atoms with Crippen LogP contribution in [0.1, 0.15) is 27.3 Å². The molecule has 1 aromatic heterocycles. The summed E-state index contributed by atoms with van der Waals surface area (Å²) < 4.78 is 1.78. The fraction of sp³-hybridized carbons (Fsp3) is 0.200. The summed E-state index contributed by atoms with van der Waals surface area (Å²) in [6.07, 6.45) is -0.0845. The van der Waals surface area contributed by atoms with Gasteiger partial charge in [0.1, 0.15) is 11.3 Å². The van der Waals surface area contributed by atoms with Crippen LogP contribution in [-0.2, 0) is 11.2 Å². The van der Waals surface area contributed by atoms with E-state index in [9.17, 15) is 14.7 Å². The van der Waals surface area contributed by atoms with Crippen molar-refractivity contribution in [2.45, 2.75) is 20.3 Å². The number of carbonyl (C=O) groups is 2. The number of carboxylic acid groups (broad SMARTS) is 2. The van der Waals surface area contributed by atoms with Gasteiger partial charge in [0.25, 0.3) is 0 Å². The first-order valence-electron chi connectivity index (χ1n) is 6.27. The van der Waals surface area contributed by atoms with Gasteiger partial charge in [-0.05, 0) is 37.6 Å². The van der Waals surface area contributed by atoms with Crippen LogP contribution in [0.5, 0.6) is 5.75 Å². The quantitative estimate of drug-likeness (QED) is 0.800. The molecule has 6 nitrogen and oxygen atoms in total. The molecular formula is C15H15NO5. The average molecular weight is 289 g/mol. The van der Waals surface area contributed by atoms with Crippen LogP contribution in [0.2, 0.25) is 0 Å². The van der Waals surface area contributed by atoms with E-state index in [4.69, 9.17) is 10.2 Å². The van der Waals surface area contributed by atoms with E-state index in [-0.39, 0.29) is 17.7 Å². The normalized spacial score (nSPS) is 10.6. The van der Waals surface area contributed by atoms with Crippen LogP contribution < -0.4 is 0 Å². The van der Waals surface area contributed by atoms with Crippen molar-refractivity contribution in [3.63, 3.8) is 0 Å². The largest absolute Gasteiger partial charge is 0.507 e. The van der Waals surface area contributed by atoms with Gasteiger partial charge in [-0.25, -0.2) is 4.79 Å². The van der Waals surface area contributed by atoms with Gasteiger partial charge in [0.15, 0.2) is 0 Å². The van der Waals surface area contributed by atoms with Crippen molar-refractivity contribution >= 4 is 11.9 Å². The second kappa shape index (κ2) is 5.32. The van der Waals surface area contributed by atoms with Crippen LogP contribution in [-0.4, -0.2) is 31.8 Å². The molecule has 2 aromatic rings. The number of rotatable bonds is 4. The fourth-order valence-corrected chi connectivity index (χ4v) is 2.41. The van der Waals surface area contributed by atoms with Crippen molar-refractivity contribution in [2.75, 3.05) is 0 Å². The summed E-state index contributed by atoms with van der Waals surface area (Å²) in [6.45, 7) is 3.61. The van der Waals surface area contributed by atoms with Gasteiger partial charge in [-0.15, -0.1) is 0 Å². The first kappa shape index (κ1) is 14.6. The Balaban J connectivity index is 2.52. The van der Waals surface area contributed by atoms with Gasteiger partial charge >= 0.3 is 11.9 Å². The van der Waals surface area contributed by atoms with Crippen LogP contribution in [0.3, 0.4) is 0 Å². The fourth-order valence-electron chi connectivity index (χ4n) is 2.41. The predicted octanol–water partition coefficient (Wildman–Crippen LogP) is 2.13. The number of aliphatic carboxylic acids is 1. The van der Waals surface area contributed by atoms with Crippen molar-refractivity contribution in [1.29, 1.82) is 0 Å². The molecule has 110 valence electrons. The molecule has 21 heavy (non-hydrogen) atoms. The summed E-state index contributed by atoms with van der Waals surface area (Å²) in [6, 6.07) is 6.02. The molecular weight excluding hydrogens is 274 g/mol. The first-order valence-corrected chi connectivity index (χ1v) is 6.27. The highest BCUT2D eigenvalue weighted by Gasteiger charge is 2.15. The molecule has 0 aliphatic heterocycles. The number of aromatic nitrogens is 1. The molecule has 0 saturated heterocycles. The van der Waals surface area contributed by atoms with Crippen LogP contribution in [0.25, 0.3) is 5.69 Å². The van der Waals surface area contributed by atoms with E-state index in [1.54, 1.807) is 23.6 Å². The van der Waals surface area contributed by atoms with Crippen molar-refractivity contribution in [3.8, 4) is 11.4 Å². The Morgan fingerprint density at radius 1 is 1.14 bits per heavy atom. The van der Waals surface area contributed by atoms with E-state index in [0.717, 1.165) is 11.4 Å². The topological polar surface area (TPSA) is 99.8 Å². The Morgan fingerprint density at radius 2 is 1.81 bits per heavy atom. The highest BCUT2D eigenvalue weighted by atomic mass is 16.4. The molecule has 0 atom stereocenters. The number of aromatic carboxylic acids is 1. The number of aromatic hydroxyl groups is 1. The van der Waals surface area contributed by atoms with Crippen LogP contribution in [0.4, 0.5) is 0 Å². The highest BCUT2D eigenvalue weighted by molar-refractivity contribution is 5.91. The summed E-state index contributed by atoms with van der Waals surface area (Å²) in [4.78, 5) is 21.7. The maximum absolute atomic E-state index is 10.9. The van der Waals surface area contributed by atoms with Crippen molar-refractivity contribution in [1.82, 2.24) is 4.57 Å².